The average molecular weight is 253 g/mol. The molecule has 0 bridgehead atoms. The summed E-state index contributed by atoms with van der Waals surface area (Å²) in [5.41, 5.74) is 0.611. The van der Waals surface area contributed by atoms with Crippen LogP contribution in [0.1, 0.15) is 16.1 Å². The number of ketones is 1. The number of aryl methyl sites for hydroxylation is 1. The first-order valence-corrected chi connectivity index (χ1v) is 5.41. The van der Waals surface area contributed by atoms with Crippen LogP contribution in [0, 0.1) is 5.82 Å². The summed E-state index contributed by atoms with van der Waals surface area (Å²) in [7, 11) is 1.76. The lowest BCUT2D eigenvalue weighted by Crippen LogP contribution is -2.07. The van der Waals surface area contributed by atoms with Gasteiger partial charge in [-0.3, -0.25) is 9.48 Å². The van der Waals surface area contributed by atoms with E-state index in [4.69, 9.17) is 11.6 Å². The van der Waals surface area contributed by atoms with E-state index in [0.717, 1.165) is 0 Å². The summed E-state index contributed by atoms with van der Waals surface area (Å²) in [6, 6.07) is 5.66. The maximum absolute atomic E-state index is 13.4. The van der Waals surface area contributed by atoms with E-state index < -0.39 is 5.82 Å². The van der Waals surface area contributed by atoms with Crippen LogP contribution in [-0.4, -0.2) is 15.6 Å². The van der Waals surface area contributed by atoms with Crippen molar-refractivity contribution in [3.63, 3.8) is 0 Å². The van der Waals surface area contributed by atoms with Gasteiger partial charge in [-0.15, -0.1) is 0 Å². The number of rotatable bonds is 3. The van der Waals surface area contributed by atoms with Gasteiger partial charge < -0.3 is 0 Å². The van der Waals surface area contributed by atoms with Crippen molar-refractivity contribution in [2.45, 2.75) is 6.42 Å². The van der Waals surface area contributed by atoms with Crippen molar-refractivity contribution in [3.8, 4) is 0 Å². The third-order valence-corrected chi connectivity index (χ3v) is 2.57. The molecule has 1 heterocycles. The zero-order valence-corrected chi connectivity index (χ0v) is 9.91. The average Bonchev–Trinajstić information content (AvgIpc) is 2.67. The number of hydrogen-bond donors (Lipinski definition) is 0. The molecule has 0 aliphatic carbocycles. The maximum atomic E-state index is 13.4. The number of halogens is 2. The maximum Gasteiger partial charge on any atom is 0.171 e. The highest BCUT2D eigenvalue weighted by Crippen LogP contribution is 2.16. The van der Waals surface area contributed by atoms with Crippen LogP contribution < -0.4 is 0 Å². The summed E-state index contributed by atoms with van der Waals surface area (Å²) in [5, 5.41) is 4.41. The van der Waals surface area contributed by atoms with E-state index in [1.807, 2.05) is 0 Å². The molecule has 3 nitrogen and oxygen atoms in total. The van der Waals surface area contributed by atoms with Crippen LogP contribution in [0.5, 0.6) is 0 Å². The fourth-order valence-electron chi connectivity index (χ4n) is 1.53. The predicted molar refractivity (Wildman–Crippen MR) is 62.7 cm³/mol. The van der Waals surface area contributed by atoms with E-state index in [0.29, 0.717) is 10.7 Å². The van der Waals surface area contributed by atoms with E-state index in [9.17, 15) is 9.18 Å². The lowest BCUT2D eigenvalue weighted by molar-refractivity contribution is 0.0988. The Labute approximate surface area is 103 Å². The molecule has 5 heteroatoms. The Kier molecular flexibility index (Phi) is 3.24. The standard InChI is InChI=1S/C12H10ClFN2O/c1-16-5-4-9(15-16)7-12(17)10-6-8(13)2-3-11(10)14/h2-6H,7H2,1H3. The number of hydrogen-bond acceptors (Lipinski definition) is 2. The first kappa shape index (κ1) is 11.8. The predicted octanol–water partition coefficient (Wildman–Crippen LogP) is 2.64. The molecule has 17 heavy (non-hydrogen) atoms. The van der Waals surface area contributed by atoms with E-state index >= 15 is 0 Å². The Morgan fingerprint density at radius 1 is 1.47 bits per heavy atom. The summed E-state index contributed by atoms with van der Waals surface area (Å²) in [6.45, 7) is 0. The lowest BCUT2D eigenvalue weighted by Gasteiger charge is -2.01. The van der Waals surface area contributed by atoms with Gasteiger partial charge in [0.05, 0.1) is 17.7 Å². The van der Waals surface area contributed by atoms with Gasteiger partial charge in [0.1, 0.15) is 5.82 Å². The largest absolute Gasteiger partial charge is 0.294 e. The van der Waals surface area contributed by atoms with E-state index in [-0.39, 0.29) is 17.8 Å². The molecule has 0 atom stereocenters. The second-order valence-corrected chi connectivity index (χ2v) is 4.14. The quantitative estimate of drug-likeness (QED) is 0.787. The summed E-state index contributed by atoms with van der Waals surface area (Å²) in [6.07, 6.45) is 1.80. The molecule has 0 N–H and O–H groups in total. The number of Topliss-reactive ketones (excluding diaryl/α,β-unsaturated/α-hetero) is 1. The fourth-order valence-corrected chi connectivity index (χ4v) is 1.70. The summed E-state index contributed by atoms with van der Waals surface area (Å²) < 4.78 is 15.0. The SMILES string of the molecule is Cn1ccc(CC(=O)c2cc(Cl)ccc2F)n1. The summed E-state index contributed by atoms with van der Waals surface area (Å²) >= 11 is 5.73. The molecule has 1 aromatic heterocycles. The van der Waals surface area contributed by atoms with E-state index in [1.165, 1.54) is 18.2 Å². The Morgan fingerprint density at radius 3 is 2.88 bits per heavy atom. The van der Waals surface area contributed by atoms with Crippen LogP contribution >= 0.6 is 11.6 Å². The van der Waals surface area contributed by atoms with Crippen molar-refractivity contribution in [2.75, 3.05) is 0 Å². The fraction of sp³-hybridized carbons (Fsp3) is 0.167. The molecule has 2 aromatic rings. The van der Waals surface area contributed by atoms with Crippen molar-refractivity contribution in [1.82, 2.24) is 9.78 Å². The van der Waals surface area contributed by atoms with Gasteiger partial charge in [0.2, 0.25) is 0 Å². The second kappa shape index (κ2) is 4.67. The highest BCUT2D eigenvalue weighted by Gasteiger charge is 2.14. The Bertz CT molecular complexity index is 565. The molecule has 0 saturated carbocycles. The highest BCUT2D eigenvalue weighted by molar-refractivity contribution is 6.31. The number of carbonyl (C=O) groups excluding carboxylic acids is 1. The van der Waals surface area contributed by atoms with Crippen molar-refractivity contribution in [3.05, 3.63) is 52.6 Å². The molecule has 88 valence electrons. The number of nitrogens with zero attached hydrogens (tertiary/aromatic N) is 2. The van der Waals surface area contributed by atoms with Gasteiger partial charge in [-0.1, -0.05) is 11.6 Å². The monoisotopic (exact) mass is 252 g/mol. The highest BCUT2D eigenvalue weighted by atomic mass is 35.5. The number of benzene rings is 1. The Hall–Kier alpha value is -1.68. The van der Waals surface area contributed by atoms with Gasteiger partial charge in [0.25, 0.3) is 0 Å². The van der Waals surface area contributed by atoms with Crippen LogP contribution in [-0.2, 0) is 13.5 Å². The van der Waals surface area contributed by atoms with Crippen LogP contribution in [0.4, 0.5) is 4.39 Å². The molecular formula is C12H10ClFN2O. The molecule has 1 aromatic carbocycles. The van der Waals surface area contributed by atoms with Gasteiger partial charge in [-0.2, -0.15) is 5.10 Å². The van der Waals surface area contributed by atoms with Gasteiger partial charge in [-0.25, -0.2) is 4.39 Å². The minimum absolute atomic E-state index is 0.00292. The molecule has 0 radical (unpaired) electrons. The molecule has 0 spiro atoms. The molecule has 0 fully saturated rings. The first-order chi connectivity index (χ1) is 8.06. The van der Waals surface area contributed by atoms with Gasteiger partial charge in [-0.05, 0) is 24.3 Å². The van der Waals surface area contributed by atoms with E-state index in [1.54, 1.807) is 24.0 Å². The van der Waals surface area contributed by atoms with Crippen LogP contribution in [0.2, 0.25) is 5.02 Å². The van der Waals surface area contributed by atoms with Crippen molar-refractivity contribution >= 4 is 17.4 Å². The lowest BCUT2D eigenvalue weighted by atomic mass is 10.1. The zero-order valence-electron chi connectivity index (χ0n) is 9.15. The number of carbonyl (C=O) groups is 1. The molecule has 0 unspecified atom stereocenters. The van der Waals surface area contributed by atoms with Gasteiger partial charge in [0.15, 0.2) is 5.78 Å². The third kappa shape index (κ3) is 2.71. The minimum atomic E-state index is -0.560. The van der Waals surface area contributed by atoms with Crippen molar-refractivity contribution in [1.29, 1.82) is 0 Å². The topological polar surface area (TPSA) is 34.9 Å². The molecular weight excluding hydrogens is 243 g/mol. The smallest absolute Gasteiger partial charge is 0.171 e. The first-order valence-electron chi connectivity index (χ1n) is 5.03. The van der Waals surface area contributed by atoms with Crippen LogP contribution in [0.25, 0.3) is 0 Å². The molecule has 0 amide bonds. The normalized spacial score (nSPS) is 10.5. The molecule has 0 aliphatic rings. The Balaban J connectivity index is 2.22. The van der Waals surface area contributed by atoms with Crippen LogP contribution in [0.3, 0.4) is 0 Å². The molecule has 0 saturated heterocycles. The Morgan fingerprint density at radius 2 is 2.24 bits per heavy atom. The second-order valence-electron chi connectivity index (χ2n) is 3.70. The summed E-state index contributed by atoms with van der Waals surface area (Å²) in [4.78, 5) is 11.8. The van der Waals surface area contributed by atoms with Gasteiger partial charge >= 0.3 is 0 Å². The van der Waals surface area contributed by atoms with E-state index in [2.05, 4.69) is 5.10 Å². The molecule has 2 rings (SSSR count). The van der Waals surface area contributed by atoms with Gasteiger partial charge in [0, 0.05) is 18.3 Å². The number of aromatic nitrogens is 2. The minimum Gasteiger partial charge on any atom is -0.294 e. The summed E-state index contributed by atoms with van der Waals surface area (Å²) in [5.74, 6) is -0.890. The van der Waals surface area contributed by atoms with Crippen molar-refractivity contribution in [2.24, 2.45) is 7.05 Å². The van der Waals surface area contributed by atoms with Crippen LogP contribution in [0.15, 0.2) is 30.5 Å². The zero-order chi connectivity index (χ0) is 12.4. The molecule has 0 aliphatic heterocycles. The van der Waals surface area contributed by atoms with Crippen molar-refractivity contribution < 1.29 is 9.18 Å². The third-order valence-electron chi connectivity index (χ3n) is 2.34.